The predicted molar refractivity (Wildman–Crippen MR) is 96.8 cm³/mol. The highest BCUT2D eigenvalue weighted by atomic mass is 16.5. The average Bonchev–Trinajstić information content (AvgIpc) is 2.42. The maximum absolute atomic E-state index is 12.2. The Morgan fingerprint density at radius 3 is 2.00 bits per heavy atom. The second-order valence-electron chi connectivity index (χ2n) is 8.41. The van der Waals surface area contributed by atoms with E-state index >= 15 is 0 Å². The van der Waals surface area contributed by atoms with Gasteiger partial charge in [0, 0.05) is 30.0 Å². The van der Waals surface area contributed by atoms with E-state index in [1.807, 2.05) is 0 Å². The average molecular weight is 341 g/mol. The number of unbranched alkanes of at least 4 members (excludes halogenated alkanes) is 4. The maximum Gasteiger partial charge on any atom is 0.305 e. The van der Waals surface area contributed by atoms with Crippen LogP contribution < -0.4 is 10.6 Å². The zero-order valence-corrected chi connectivity index (χ0v) is 16.2. The van der Waals surface area contributed by atoms with Crippen LogP contribution in [0.3, 0.4) is 0 Å². The first kappa shape index (κ1) is 20.9. The number of rotatable bonds is 9. The minimum atomic E-state index is -0.137. The number of amides is 1. The van der Waals surface area contributed by atoms with E-state index in [4.69, 9.17) is 0 Å². The molecule has 1 fully saturated rings. The summed E-state index contributed by atoms with van der Waals surface area (Å²) in [5.41, 5.74) is 0.110. The Balaban J connectivity index is 2.15. The summed E-state index contributed by atoms with van der Waals surface area (Å²) in [5.74, 6) is 0.0326. The molecule has 1 amide bonds. The second-order valence-corrected chi connectivity index (χ2v) is 8.41. The van der Waals surface area contributed by atoms with Gasteiger partial charge in [-0.15, -0.1) is 0 Å². The Morgan fingerprint density at radius 2 is 1.46 bits per heavy atom. The van der Waals surface area contributed by atoms with Gasteiger partial charge in [0.05, 0.1) is 7.11 Å². The van der Waals surface area contributed by atoms with Crippen molar-refractivity contribution in [3.8, 4) is 0 Å². The molecule has 0 spiro atoms. The highest BCUT2D eigenvalue weighted by Gasteiger charge is 2.37. The largest absolute Gasteiger partial charge is 0.469 e. The van der Waals surface area contributed by atoms with E-state index in [-0.39, 0.29) is 29.0 Å². The van der Waals surface area contributed by atoms with Crippen molar-refractivity contribution in [1.29, 1.82) is 0 Å². The fraction of sp³-hybridized carbons (Fsp3) is 0.895. The van der Waals surface area contributed by atoms with E-state index in [2.05, 4.69) is 43.1 Å². The minimum absolute atomic E-state index is 0.0549. The van der Waals surface area contributed by atoms with Crippen LogP contribution in [-0.4, -0.2) is 36.1 Å². The molecule has 1 heterocycles. The summed E-state index contributed by atoms with van der Waals surface area (Å²) < 4.78 is 4.61. The summed E-state index contributed by atoms with van der Waals surface area (Å²) in [6, 6.07) is 0.254. The Kier molecular flexibility index (Phi) is 8.20. The summed E-state index contributed by atoms with van der Waals surface area (Å²) >= 11 is 0. The molecule has 24 heavy (non-hydrogen) atoms. The lowest BCUT2D eigenvalue weighted by atomic mass is 9.79. The molecule has 0 radical (unpaired) electrons. The molecule has 1 aliphatic rings. The standard InChI is InChI=1S/C19H36N2O3/c1-18(2)13-15(14-19(3,4)21-18)20-16(22)11-9-7-6-8-10-12-17(23)24-5/h15,21H,6-14H2,1-5H3,(H,20,22). The molecular weight excluding hydrogens is 304 g/mol. The molecule has 0 aromatic carbocycles. The lowest BCUT2D eigenvalue weighted by Crippen LogP contribution is -2.62. The Bertz CT molecular complexity index is 403. The SMILES string of the molecule is COC(=O)CCCCCCCC(=O)NC1CC(C)(C)NC(C)(C)C1. The number of esters is 1. The quantitative estimate of drug-likeness (QED) is 0.499. The molecule has 5 nitrogen and oxygen atoms in total. The number of hydrogen-bond acceptors (Lipinski definition) is 4. The molecule has 5 heteroatoms. The van der Waals surface area contributed by atoms with Gasteiger partial charge in [0.2, 0.25) is 5.91 Å². The van der Waals surface area contributed by atoms with Crippen LogP contribution in [0.4, 0.5) is 0 Å². The molecule has 0 aromatic heterocycles. The normalized spacial score (nSPS) is 19.7. The van der Waals surface area contributed by atoms with Crippen LogP contribution in [0.1, 0.15) is 85.5 Å². The van der Waals surface area contributed by atoms with Crippen LogP contribution in [0.15, 0.2) is 0 Å². The third kappa shape index (κ3) is 8.67. The van der Waals surface area contributed by atoms with Gasteiger partial charge in [0.15, 0.2) is 0 Å². The van der Waals surface area contributed by atoms with Crippen molar-refractivity contribution in [3.63, 3.8) is 0 Å². The van der Waals surface area contributed by atoms with Crippen LogP contribution >= 0.6 is 0 Å². The van der Waals surface area contributed by atoms with Crippen LogP contribution in [0, 0.1) is 0 Å². The number of piperidine rings is 1. The molecule has 0 aromatic rings. The van der Waals surface area contributed by atoms with E-state index in [1.165, 1.54) is 7.11 Å². The van der Waals surface area contributed by atoms with E-state index in [0.29, 0.717) is 12.8 Å². The van der Waals surface area contributed by atoms with Gasteiger partial charge < -0.3 is 15.4 Å². The second kappa shape index (κ2) is 9.40. The van der Waals surface area contributed by atoms with Gasteiger partial charge in [0.25, 0.3) is 0 Å². The third-order valence-electron chi connectivity index (χ3n) is 4.57. The highest BCUT2D eigenvalue weighted by Crippen LogP contribution is 2.28. The Morgan fingerprint density at radius 1 is 0.958 bits per heavy atom. The number of hydrogen-bond donors (Lipinski definition) is 2. The van der Waals surface area contributed by atoms with Crippen molar-refractivity contribution in [3.05, 3.63) is 0 Å². The van der Waals surface area contributed by atoms with Crippen molar-refractivity contribution in [2.75, 3.05) is 7.11 Å². The van der Waals surface area contributed by atoms with Crippen LogP contribution in [0.25, 0.3) is 0 Å². The fourth-order valence-corrected chi connectivity index (χ4v) is 3.91. The van der Waals surface area contributed by atoms with Crippen molar-refractivity contribution in [2.24, 2.45) is 0 Å². The van der Waals surface area contributed by atoms with Gasteiger partial charge in [-0.3, -0.25) is 9.59 Å². The van der Waals surface area contributed by atoms with Gasteiger partial charge in [0.1, 0.15) is 0 Å². The lowest BCUT2D eigenvalue weighted by Gasteiger charge is -2.46. The van der Waals surface area contributed by atoms with E-state index in [1.54, 1.807) is 0 Å². The van der Waals surface area contributed by atoms with E-state index in [9.17, 15) is 9.59 Å². The molecule has 1 saturated heterocycles. The van der Waals surface area contributed by atoms with Crippen molar-refractivity contribution in [2.45, 2.75) is 103 Å². The molecule has 0 bridgehead atoms. The molecular formula is C19H36N2O3. The number of methoxy groups -OCH3 is 1. The fourth-order valence-electron chi connectivity index (χ4n) is 3.91. The molecule has 0 aliphatic carbocycles. The predicted octanol–water partition coefficient (Wildman–Crippen LogP) is 3.32. The summed E-state index contributed by atoms with van der Waals surface area (Å²) in [7, 11) is 1.42. The topological polar surface area (TPSA) is 67.4 Å². The summed E-state index contributed by atoms with van der Waals surface area (Å²) in [5, 5.41) is 6.85. The number of carbonyl (C=O) groups excluding carboxylic acids is 2. The van der Waals surface area contributed by atoms with Crippen LogP contribution in [0.2, 0.25) is 0 Å². The molecule has 1 rings (SSSR count). The van der Waals surface area contributed by atoms with E-state index in [0.717, 1.165) is 44.9 Å². The van der Waals surface area contributed by atoms with E-state index < -0.39 is 0 Å². The monoisotopic (exact) mass is 340 g/mol. The number of nitrogens with one attached hydrogen (secondary N) is 2. The van der Waals surface area contributed by atoms with Gasteiger partial charge in [-0.25, -0.2) is 0 Å². The van der Waals surface area contributed by atoms with Crippen molar-refractivity contribution < 1.29 is 14.3 Å². The number of carbonyl (C=O) groups is 2. The zero-order chi connectivity index (χ0) is 18.2. The maximum atomic E-state index is 12.2. The summed E-state index contributed by atoms with van der Waals surface area (Å²) in [6.07, 6.45) is 7.95. The molecule has 0 saturated carbocycles. The molecule has 140 valence electrons. The van der Waals surface area contributed by atoms with Crippen LogP contribution in [0.5, 0.6) is 0 Å². The van der Waals surface area contributed by atoms with Gasteiger partial charge in [-0.05, 0) is 53.4 Å². The first-order chi connectivity index (χ1) is 11.1. The first-order valence-electron chi connectivity index (χ1n) is 9.29. The molecule has 1 aliphatic heterocycles. The smallest absolute Gasteiger partial charge is 0.305 e. The van der Waals surface area contributed by atoms with Gasteiger partial charge in [-0.1, -0.05) is 19.3 Å². The Labute approximate surface area is 147 Å². The van der Waals surface area contributed by atoms with Gasteiger partial charge >= 0.3 is 5.97 Å². The summed E-state index contributed by atoms with van der Waals surface area (Å²) in [6.45, 7) is 8.78. The highest BCUT2D eigenvalue weighted by molar-refractivity contribution is 5.76. The van der Waals surface area contributed by atoms with Gasteiger partial charge in [-0.2, -0.15) is 0 Å². The number of ether oxygens (including phenoxy) is 1. The first-order valence-corrected chi connectivity index (χ1v) is 9.29. The van der Waals surface area contributed by atoms with Crippen molar-refractivity contribution >= 4 is 11.9 Å². The Hall–Kier alpha value is -1.10. The minimum Gasteiger partial charge on any atom is -0.469 e. The van der Waals surface area contributed by atoms with Crippen molar-refractivity contribution in [1.82, 2.24) is 10.6 Å². The lowest BCUT2D eigenvalue weighted by molar-refractivity contribution is -0.140. The third-order valence-corrected chi connectivity index (χ3v) is 4.57. The molecule has 2 N–H and O–H groups in total. The zero-order valence-electron chi connectivity index (χ0n) is 16.2. The van der Waals surface area contributed by atoms with Crippen LogP contribution in [-0.2, 0) is 14.3 Å². The molecule has 0 unspecified atom stereocenters. The molecule has 0 atom stereocenters. The summed E-state index contributed by atoms with van der Waals surface area (Å²) in [4.78, 5) is 23.1.